The number of aromatic amines is 1. The highest BCUT2D eigenvalue weighted by Gasteiger charge is 2.19. The highest BCUT2D eigenvalue weighted by molar-refractivity contribution is 6.04. The minimum Gasteiger partial charge on any atom is -0.478 e. The quantitative estimate of drug-likeness (QED) is 0.163. The molecule has 2 aromatic heterocycles. The summed E-state index contributed by atoms with van der Waals surface area (Å²) < 4.78 is 11.6. The van der Waals surface area contributed by atoms with Crippen LogP contribution in [-0.4, -0.2) is 42.8 Å². The van der Waals surface area contributed by atoms with Gasteiger partial charge in [-0.25, -0.2) is 14.8 Å². The third kappa shape index (κ3) is 4.67. The first-order valence-electron chi connectivity index (χ1n) is 9.75. The number of nitrogens with zero attached hydrogens (tertiary/aromatic N) is 4. The van der Waals surface area contributed by atoms with Crippen molar-refractivity contribution in [1.29, 1.82) is 0 Å². The Bertz CT molecular complexity index is 1460. The van der Waals surface area contributed by atoms with Crippen molar-refractivity contribution < 1.29 is 24.8 Å². The lowest BCUT2D eigenvalue weighted by Gasteiger charge is -2.10. The summed E-state index contributed by atoms with van der Waals surface area (Å²) in [7, 11) is 0. The molecule has 0 saturated carbocycles. The minimum atomic E-state index is -1.22. The van der Waals surface area contributed by atoms with Crippen molar-refractivity contribution in [3.05, 3.63) is 59.4 Å². The summed E-state index contributed by atoms with van der Waals surface area (Å²) in [6.45, 7) is 1.74. The zero-order chi connectivity index (χ0) is 24.4. The Morgan fingerprint density at radius 3 is 2.50 bits per heavy atom. The number of rotatable bonds is 7. The molecule has 0 saturated heterocycles. The van der Waals surface area contributed by atoms with Gasteiger partial charge in [0, 0.05) is 6.07 Å². The molecule has 4 rings (SSSR count). The van der Waals surface area contributed by atoms with Crippen molar-refractivity contribution in [3.8, 4) is 23.4 Å². The molecule has 13 nitrogen and oxygen atoms in total. The van der Waals surface area contributed by atoms with Crippen LogP contribution in [0.3, 0.4) is 0 Å². The molecule has 0 bridgehead atoms. The first-order valence-corrected chi connectivity index (χ1v) is 9.75. The number of carboxylic acid groups (broad SMARTS) is 1. The number of aromatic nitrogens is 4. The first kappa shape index (κ1) is 22.0. The summed E-state index contributed by atoms with van der Waals surface area (Å²) in [5.41, 5.74) is 17.6. The lowest BCUT2D eigenvalue weighted by atomic mass is 10.1. The van der Waals surface area contributed by atoms with Gasteiger partial charge >= 0.3 is 12.0 Å². The van der Waals surface area contributed by atoms with E-state index in [1.54, 1.807) is 31.2 Å². The maximum atomic E-state index is 11.6. The number of amidine groups is 1. The largest absolute Gasteiger partial charge is 0.478 e. The number of benzene rings is 2. The van der Waals surface area contributed by atoms with E-state index in [2.05, 4.69) is 24.9 Å². The molecule has 0 amide bonds. The van der Waals surface area contributed by atoms with Crippen LogP contribution in [0.2, 0.25) is 0 Å². The van der Waals surface area contributed by atoms with E-state index in [4.69, 9.17) is 32.1 Å². The van der Waals surface area contributed by atoms with Crippen molar-refractivity contribution in [2.75, 3.05) is 0 Å². The number of H-pyrrole nitrogens is 1. The van der Waals surface area contributed by atoms with E-state index >= 15 is 0 Å². The topological polar surface area (TPSA) is 226 Å². The second-order valence-electron chi connectivity index (χ2n) is 7.04. The van der Waals surface area contributed by atoms with Crippen LogP contribution in [0.25, 0.3) is 11.2 Å². The predicted molar refractivity (Wildman–Crippen MR) is 122 cm³/mol. The molecule has 10 N–H and O–H groups in total. The van der Waals surface area contributed by atoms with Gasteiger partial charge in [-0.3, -0.25) is 11.1 Å². The van der Waals surface area contributed by atoms with Crippen LogP contribution in [0.4, 0.5) is 5.69 Å². The summed E-state index contributed by atoms with van der Waals surface area (Å²) in [4.78, 5) is 31.5. The fraction of sp³-hybridized carbons (Fsp3) is 0.0476. The monoisotopic (exact) mass is 462 g/mol. The predicted octanol–water partition coefficient (Wildman–Crippen LogP) is 0.313. The maximum absolute atomic E-state index is 11.6. The Morgan fingerprint density at radius 1 is 1.03 bits per heavy atom. The second-order valence-corrected chi connectivity index (χ2v) is 7.04. The van der Waals surface area contributed by atoms with Gasteiger partial charge in [-0.1, -0.05) is 6.07 Å². The van der Waals surface area contributed by atoms with Crippen LogP contribution in [0.15, 0.2) is 47.5 Å². The molecule has 0 aliphatic rings. The number of carboxylic acids is 1. The molecule has 2 aromatic carbocycles. The zero-order valence-corrected chi connectivity index (χ0v) is 17.8. The van der Waals surface area contributed by atoms with Crippen LogP contribution >= 0.6 is 0 Å². The summed E-state index contributed by atoms with van der Waals surface area (Å²) in [5, 5.41) is 15.1. The summed E-state index contributed by atoms with van der Waals surface area (Å²) >= 11 is 0. The number of nitrogens with two attached hydrogens (primary N) is 4. The highest BCUT2D eigenvalue weighted by Crippen LogP contribution is 2.31. The smallest absolute Gasteiger partial charge is 0.336 e. The van der Waals surface area contributed by atoms with Crippen LogP contribution in [-0.2, 0) is 0 Å². The molecule has 0 aliphatic heterocycles. The van der Waals surface area contributed by atoms with E-state index < -0.39 is 5.97 Å². The van der Waals surface area contributed by atoms with Crippen molar-refractivity contribution in [2.45, 2.75) is 6.92 Å². The average molecular weight is 462 g/mol. The molecule has 0 fully saturated rings. The fourth-order valence-electron chi connectivity index (χ4n) is 3.09. The normalized spacial score (nSPS) is 10.6. The number of hydrogen-bond donors (Lipinski definition) is 6. The first-order chi connectivity index (χ1) is 16.2. The standard InChI is InChI=1S/C21H19N9O4/c1-9-26-15-17(27-9)29-21(34-11-4-2-3-10(7-11)28-20(24)25)30-18(15)33-12-5-6-13(16(22)23)14(8-12)19(31)32/h2-8H,1H3,(H3,22,23)(H,31,32)(H4,24,25,28)(H,26,27,29,30)/p+1. The minimum absolute atomic E-state index is 0.0644. The highest BCUT2D eigenvalue weighted by atomic mass is 16.5. The molecule has 172 valence electrons. The number of guanidine groups is 1. The van der Waals surface area contributed by atoms with Gasteiger partial charge in [0.05, 0.1) is 16.8 Å². The van der Waals surface area contributed by atoms with Gasteiger partial charge in [0.15, 0.2) is 11.6 Å². The molecule has 13 heteroatoms. The molecule has 0 aliphatic carbocycles. The summed E-state index contributed by atoms with van der Waals surface area (Å²) in [5.74, 6) is -0.275. The number of aromatic carboxylic acids is 1. The van der Waals surface area contributed by atoms with Crippen molar-refractivity contribution in [1.82, 2.24) is 19.9 Å². The SMILES string of the molecule is Cc1nc2nc(Oc3cccc(N=C(N)N)c3)nc(Oc3ccc(C(N)=[NH2+])c(C(=O)O)c3)c2[nH]1. The van der Waals surface area contributed by atoms with E-state index in [0.717, 1.165) is 0 Å². The second kappa shape index (κ2) is 8.74. The van der Waals surface area contributed by atoms with E-state index in [1.807, 2.05) is 0 Å². The van der Waals surface area contributed by atoms with Gasteiger partial charge in [0.25, 0.3) is 11.7 Å². The Labute approximate surface area is 191 Å². The molecule has 0 unspecified atom stereocenters. The van der Waals surface area contributed by atoms with Crippen molar-refractivity contribution in [3.63, 3.8) is 0 Å². The Morgan fingerprint density at radius 2 is 1.79 bits per heavy atom. The van der Waals surface area contributed by atoms with Crippen LogP contribution in [0.5, 0.6) is 23.4 Å². The molecular weight excluding hydrogens is 442 g/mol. The lowest BCUT2D eigenvalue weighted by Crippen LogP contribution is -2.46. The Balaban J connectivity index is 1.73. The summed E-state index contributed by atoms with van der Waals surface area (Å²) in [6.07, 6.45) is 0. The Hall–Kier alpha value is -5.20. The number of fused-ring (bicyclic) bond motifs is 1. The molecule has 34 heavy (non-hydrogen) atoms. The molecule has 0 atom stereocenters. The van der Waals surface area contributed by atoms with E-state index in [-0.39, 0.29) is 46.2 Å². The van der Waals surface area contributed by atoms with Gasteiger partial charge < -0.3 is 31.0 Å². The van der Waals surface area contributed by atoms with Gasteiger partial charge in [0.2, 0.25) is 0 Å². The van der Waals surface area contributed by atoms with Crippen LogP contribution in [0, 0.1) is 6.92 Å². The number of imidazole rings is 1. The average Bonchev–Trinajstić information content (AvgIpc) is 3.13. The van der Waals surface area contributed by atoms with E-state index in [1.165, 1.54) is 18.2 Å². The van der Waals surface area contributed by atoms with Gasteiger partial charge in [-0.05, 0) is 37.3 Å². The number of hydrogen-bond acceptors (Lipinski definition) is 7. The maximum Gasteiger partial charge on any atom is 0.336 e. The third-order valence-corrected chi connectivity index (χ3v) is 4.45. The molecular formula is C21H20N9O4+. The number of nitrogens with one attached hydrogen (secondary N) is 1. The van der Waals surface area contributed by atoms with Gasteiger partial charge in [0.1, 0.15) is 22.8 Å². The number of ether oxygens (including phenoxy) is 2. The van der Waals surface area contributed by atoms with Crippen molar-refractivity contribution >= 4 is 34.6 Å². The van der Waals surface area contributed by atoms with Gasteiger partial charge in [-0.2, -0.15) is 9.97 Å². The fourth-order valence-corrected chi connectivity index (χ4v) is 3.09. The van der Waals surface area contributed by atoms with E-state index in [9.17, 15) is 9.90 Å². The number of aryl methyl sites for hydroxylation is 1. The number of aliphatic imine (C=N–C) groups is 1. The van der Waals surface area contributed by atoms with Gasteiger partial charge in [-0.15, -0.1) is 0 Å². The van der Waals surface area contributed by atoms with Crippen LogP contribution < -0.4 is 32.1 Å². The van der Waals surface area contributed by atoms with E-state index in [0.29, 0.717) is 22.8 Å². The van der Waals surface area contributed by atoms with Crippen molar-refractivity contribution in [2.24, 2.45) is 22.2 Å². The zero-order valence-electron chi connectivity index (χ0n) is 17.8. The molecule has 2 heterocycles. The van der Waals surface area contributed by atoms with Crippen LogP contribution in [0.1, 0.15) is 21.7 Å². The number of carbonyl (C=O) groups is 1. The third-order valence-electron chi connectivity index (χ3n) is 4.45. The lowest BCUT2D eigenvalue weighted by molar-refractivity contribution is -0.114. The molecule has 0 radical (unpaired) electrons. The molecule has 4 aromatic rings. The summed E-state index contributed by atoms with van der Waals surface area (Å²) in [6, 6.07) is 10.8. The molecule has 0 spiro atoms. The Kier molecular flexibility index (Phi) is 5.66.